The highest BCUT2D eigenvalue weighted by Gasteiger charge is 2.45. The molecule has 158 valence electrons. The van der Waals surface area contributed by atoms with Crippen molar-refractivity contribution in [1.82, 2.24) is 9.88 Å². The number of esters is 1. The van der Waals surface area contributed by atoms with Crippen LogP contribution in [0, 0.1) is 5.92 Å². The first-order valence-corrected chi connectivity index (χ1v) is 10.1. The third kappa shape index (κ3) is 3.86. The van der Waals surface area contributed by atoms with Gasteiger partial charge in [-0.15, -0.1) is 0 Å². The van der Waals surface area contributed by atoms with Crippen molar-refractivity contribution >= 4 is 17.8 Å². The lowest BCUT2D eigenvalue weighted by Gasteiger charge is -2.28. The average molecular weight is 418 g/mol. The zero-order valence-electron chi connectivity index (χ0n) is 17.3. The molecule has 4 rings (SSSR count). The van der Waals surface area contributed by atoms with Crippen LogP contribution in [0.5, 0.6) is 0 Å². The molecular formula is C24H22N2O5. The highest BCUT2D eigenvalue weighted by Crippen LogP contribution is 2.29. The van der Waals surface area contributed by atoms with Crippen LogP contribution in [0.25, 0.3) is 11.3 Å². The summed E-state index contributed by atoms with van der Waals surface area (Å²) in [5.74, 6) is -1.11. The van der Waals surface area contributed by atoms with Crippen molar-refractivity contribution in [2.75, 3.05) is 0 Å². The normalized spacial score (nSPS) is 15.0. The third-order valence-corrected chi connectivity index (χ3v) is 5.48. The van der Waals surface area contributed by atoms with E-state index in [-0.39, 0.29) is 18.4 Å². The summed E-state index contributed by atoms with van der Waals surface area (Å²) in [5.41, 5.74) is 1.46. The van der Waals surface area contributed by atoms with Gasteiger partial charge in [-0.25, -0.2) is 9.78 Å². The minimum Gasteiger partial charge on any atom is -0.454 e. The Hall–Kier alpha value is -3.74. The Bertz CT molecular complexity index is 1090. The highest BCUT2D eigenvalue weighted by atomic mass is 16.5. The number of oxazole rings is 1. The van der Waals surface area contributed by atoms with Crippen LogP contribution in [0.2, 0.25) is 0 Å². The summed E-state index contributed by atoms with van der Waals surface area (Å²) < 4.78 is 11.1. The maximum Gasteiger partial charge on any atom is 0.330 e. The lowest BCUT2D eigenvalue weighted by atomic mass is 9.97. The number of amides is 2. The van der Waals surface area contributed by atoms with Crippen LogP contribution < -0.4 is 0 Å². The van der Waals surface area contributed by atoms with E-state index in [2.05, 4.69) is 4.98 Å². The number of imide groups is 1. The summed E-state index contributed by atoms with van der Waals surface area (Å²) >= 11 is 0. The molecule has 2 aromatic carbocycles. The molecule has 0 saturated heterocycles. The number of benzene rings is 2. The number of carbonyl (C=O) groups is 3. The minimum atomic E-state index is -1.03. The summed E-state index contributed by atoms with van der Waals surface area (Å²) in [6.45, 7) is 3.51. The van der Waals surface area contributed by atoms with E-state index >= 15 is 0 Å². The maximum atomic E-state index is 13.0. The molecule has 2 heterocycles. The molecule has 0 unspecified atom stereocenters. The third-order valence-electron chi connectivity index (χ3n) is 5.48. The molecule has 0 radical (unpaired) electrons. The molecule has 0 bridgehead atoms. The van der Waals surface area contributed by atoms with Crippen molar-refractivity contribution < 1.29 is 23.5 Å². The van der Waals surface area contributed by atoms with Crippen LogP contribution in [0.15, 0.2) is 65.2 Å². The standard InChI is InChI=1S/C24H22N2O5/c1-3-15(2)21(26-22(27)17-11-7-8-12-18(17)23(26)28)24(29)30-14-20-25-13-19(31-20)16-9-5-4-6-10-16/h4-13,15,21H,3,14H2,1-2H3/t15-,21-/m0/s1. The fourth-order valence-corrected chi connectivity index (χ4v) is 3.61. The molecule has 2 atom stereocenters. The smallest absolute Gasteiger partial charge is 0.330 e. The summed E-state index contributed by atoms with van der Waals surface area (Å²) in [5, 5.41) is 0. The van der Waals surface area contributed by atoms with Crippen molar-refractivity contribution in [2.45, 2.75) is 32.9 Å². The van der Waals surface area contributed by atoms with Crippen LogP contribution >= 0.6 is 0 Å². The van der Waals surface area contributed by atoms with E-state index in [9.17, 15) is 14.4 Å². The number of fused-ring (bicyclic) bond motifs is 1. The van der Waals surface area contributed by atoms with E-state index in [1.54, 1.807) is 30.5 Å². The molecule has 0 spiro atoms. The Labute approximate surface area is 179 Å². The van der Waals surface area contributed by atoms with Crippen LogP contribution in [0.1, 0.15) is 46.9 Å². The van der Waals surface area contributed by atoms with Gasteiger partial charge in [0.15, 0.2) is 12.4 Å². The van der Waals surface area contributed by atoms with Crippen molar-refractivity contribution in [2.24, 2.45) is 5.92 Å². The largest absolute Gasteiger partial charge is 0.454 e. The molecule has 0 N–H and O–H groups in total. The zero-order valence-corrected chi connectivity index (χ0v) is 17.3. The van der Waals surface area contributed by atoms with Gasteiger partial charge in [-0.3, -0.25) is 14.5 Å². The first-order valence-electron chi connectivity index (χ1n) is 10.1. The maximum absolute atomic E-state index is 13.0. The summed E-state index contributed by atoms with van der Waals surface area (Å²) in [4.78, 5) is 43.9. The van der Waals surface area contributed by atoms with E-state index in [0.29, 0.717) is 23.3 Å². The predicted molar refractivity (Wildman–Crippen MR) is 112 cm³/mol. The number of carbonyl (C=O) groups excluding carboxylic acids is 3. The minimum absolute atomic E-state index is 0.193. The van der Waals surface area contributed by atoms with Crippen molar-refractivity contribution in [1.29, 1.82) is 0 Å². The van der Waals surface area contributed by atoms with Crippen LogP contribution in [0.3, 0.4) is 0 Å². The second-order valence-corrected chi connectivity index (χ2v) is 7.45. The Kier molecular flexibility index (Phi) is 5.66. The Balaban J connectivity index is 1.51. The highest BCUT2D eigenvalue weighted by molar-refractivity contribution is 6.22. The summed E-state index contributed by atoms with van der Waals surface area (Å²) in [6.07, 6.45) is 2.15. The van der Waals surface area contributed by atoms with Gasteiger partial charge in [-0.2, -0.15) is 0 Å². The number of aromatic nitrogens is 1. The van der Waals surface area contributed by atoms with Gasteiger partial charge in [0.2, 0.25) is 5.89 Å². The molecule has 3 aromatic rings. The topological polar surface area (TPSA) is 89.7 Å². The van der Waals surface area contributed by atoms with Gasteiger partial charge in [0.25, 0.3) is 11.8 Å². The van der Waals surface area contributed by atoms with Gasteiger partial charge in [-0.05, 0) is 18.1 Å². The molecule has 31 heavy (non-hydrogen) atoms. The lowest BCUT2D eigenvalue weighted by molar-refractivity contribution is -0.152. The Morgan fingerprint density at radius 2 is 1.65 bits per heavy atom. The van der Waals surface area contributed by atoms with Gasteiger partial charge < -0.3 is 9.15 Å². The van der Waals surface area contributed by atoms with Crippen molar-refractivity contribution in [3.8, 4) is 11.3 Å². The molecule has 1 aliphatic rings. The van der Waals surface area contributed by atoms with E-state index in [0.717, 1.165) is 10.5 Å². The van der Waals surface area contributed by atoms with Gasteiger partial charge in [-0.1, -0.05) is 62.7 Å². The second kappa shape index (κ2) is 8.55. The molecule has 0 saturated carbocycles. The van der Waals surface area contributed by atoms with E-state index in [1.165, 1.54) is 0 Å². The molecule has 7 heteroatoms. The van der Waals surface area contributed by atoms with Crippen LogP contribution in [-0.4, -0.2) is 33.7 Å². The average Bonchev–Trinajstić information content (AvgIpc) is 3.38. The predicted octanol–water partition coefficient (Wildman–Crippen LogP) is 4.10. The van der Waals surface area contributed by atoms with Gasteiger partial charge >= 0.3 is 5.97 Å². The molecule has 7 nitrogen and oxygen atoms in total. The van der Waals surface area contributed by atoms with Gasteiger partial charge in [0.05, 0.1) is 17.3 Å². The number of hydrogen-bond acceptors (Lipinski definition) is 6. The van der Waals surface area contributed by atoms with Crippen molar-refractivity contribution in [3.05, 3.63) is 77.8 Å². The summed E-state index contributed by atoms with van der Waals surface area (Å²) in [7, 11) is 0. The van der Waals surface area contributed by atoms with E-state index in [4.69, 9.17) is 9.15 Å². The fourth-order valence-electron chi connectivity index (χ4n) is 3.61. The van der Waals surface area contributed by atoms with Crippen LogP contribution in [0.4, 0.5) is 0 Å². The first kappa shape index (κ1) is 20.5. The number of hydrogen-bond donors (Lipinski definition) is 0. The molecule has 0 fully saturated rings. The number of rotatable bonds is 7. The molecule has 0 aliphatic carbocycles. The quantitative estimate of drug-likeness (QED) is 0.424. The monoisotopic (exact) mass is 418 g/mol. The van der Waals surface area contributed by atoms with E-state index in [1.807, 2.05) is 44.2 Å². The van der Waals surface area contributed by atoms with Crippen molar-refractivity contribution in [3.63, 3.8) is 0 Å². The summed E-state index contributed by atoms with van der Waals surface area (Å²) in [6, 6.07) is 15.0. The lowest BCUT2D eigenvalue weighted by Crippen LogP contribution is -2.49. The fraction of sp³-hybridized carbons (Fsp3) is 0.250. The Morgan fingerprint density at radius 3 is 2.26 bits per heavy atom. The van der Waals surface area contributed by atoms with E-state index < -0.39 is 23.8 Å². The van der Waals surface area contributed by atoms with Gasteiger partial charge in [0, 0.05) is 5.56 Å². The molecule has 2 amide bonds. The SMILES string of the molecule is CC[C@H](C)[C@@H](C(=O)OCc1ncc(-c2ccccc2)o1)N1C(=O)c2ccccc2C1=O. The molecular weight excluding hydrogens is 396 g/mol. The number of ether oxygens (including phenoxy) is 1. The zero-order chi connectivity index (χ0) is 22.0. The molecule has 1 aromatic heterocycles. The van der Waals surface area contributed by atoms with Gasteiger partial charge in [0.1, 0.15) is 6.04 Å². The number of nitrogens with zero attached hydrogens (tertiary/aromatic N) is 2. The second-order valence-electron chi connectivity index (χ2n) is 7.45. The van der Waals surface area contributed by atoms with Crippen LogP contribution in [-0.2, 0) is 16.1 Å². The first-order chi connectivity index (χ1) is 15.0. The Morgan fingerprint density at radius 1 is 1.03 bits per heavy atom. The molecule has 1 aliphatic heterocycles.